The monoisotopic (exact) mass is 256 g/mol. The van der Waals surface area contributed by atoms with Crippen LogP contribution in [0.1, 0.15) is 24.3 Å². The molecule has 1 N–H and O–H groups in total. The molecule has 1 fully saturated rings. The fourth-order valence-corrected chi connectivity index (χ4v) is 2.07. The minimum atomic E-state index is -0.634. The fraction of sp³-hybridized carbons (Fsp3) is 0.455. The molecule has 1 aliphatic heterocycles. The van der Waals surface area contributed by atoms with Gasteiger partial charge in [0.15, 0.2) is 6.29 Å². The van der Waals surface area contributed by atoms with Gasteiger partial charge in [-0.25, -0.2) is 0 Å². The third kappa shape index (κ3) is 2.16. The van der Waals surface area contributed by atoms with Crippen LogP contribution < -0.4 is 0 Å². The van der Waals surface area contributed by atoms with Crippen molar-refractivity contribution in [3.8, 4) is 0 Å². The highest BCUT2D eigenvalue weighted by Gasteiger charge is 2.24. The zero-order chi connectivity index (χ0) is 9.97. The molecule has 0 spiro atoms. The summed E-state index contributed by atoms with van der Waals surface area (Å²) in [5.74, 6) is 0.136. The Morgan fingerprint density at radius 2 is 2.00 bits per heavy atom. The SMILES string of the molecule is O[C@H]1OCCC[C@H]1c1ccc(Br)cc1. The van der Waals surface area contributed by atoms with Gasteiger partial charge >= 0.3 is 0 Å². The van der Waals surface area contributed by atoms with Gasteiger partial charge in [-0.3, -0.25) is 0 Å². The normalized spacial score (nSPS) is 27.6. The molecule has 1 aromatic carbocycles. The minimum absolute atomic E-state index is 0.136. The summed E-state index contributed by atoms with van der Waals surface area (Å²) in [6, 6.07) is 8.06. The fourth-order valence-electron chi connectivity index (χ4n) is 1.81. The van der Waals surface area contributed by atoms with Crippen molar-refractivity contribution in [2.45, 2.75) is 25.0 Å². The van der Waals surface area contributed by atoms with E-state index in [1.165, 1.54) is 0 Å². The summed E-state index contributed by atoms with van der Waals surface area (Å²) in [5, 5.41) is 9.66. The molecule has 1 saturated heterocycles. The number of aliphatic hydroxyl groups excluding tert-OH is 1. The van der Waals surface area contributed by atoms with Crippen molar-refractivity contribution in [3.05, 3.63) is 34.3 Å². The molecule has 1 aromatic rings. The second-order valence-electron chi connectivity index (χ2n) is 3.56. The predicted octanol–water partition coefficient (Wildman–Crippen LogP) is 2.66. The Bertz CT molecular complexity index is 297. The van der Waals surface area contributed by atoms with Crippen LogP contribution in [0.15, 0.2) is 28.7 Å². The van der Waals surface area contributed by atoms with Gasteiger partial charge in [0.2, 0.25) is 0 Å². The topological polar surface area (TPSA) is 29.5 Å². The second-order valence-corrected chi connectivity index (χ2v) is 4.48. The number of ether oxygens (including phenoxy) is 1. The van der Waals surface area contributed by atoms with Gasteiger partial charge in [-0.2, -0.15) is 0 Å². The third-order valence-electron chi connectivity index (χ3n) is 2.59. The molecule has 2 atom stereocenters. The molecule has 0 aliphatic carbocycles. The Labute approximate surface area is 92.0 Å². The molecule has 1 aliphatic rings. The molecule has 0 bridgehead atoms. The van der Waals surface area contributed by atoms with Crippen molar-refractivity contribution in [3.63, 3.8) is 0 Å². The number of hydrogen-bond donors (Lipinski definition) is 1. The Morgan fingerprint density at radius 1 is 1.29 bits per heavy atom. The number of rotatable bonds is 1. The van der Waals surface area contributed by atoms with Crippen LogP contribution in [0.2, 0.25) is 0 Å². The van der Waals surface area contributed by atoms with Crippen LogP contribution in [0.5, 0.6) is 0 Å². The lowest BCUT2D eigenvalue weighted by atomic mass is 9.92. The van der Waals surface area contributed by atoms with Crippen molar-refractivity contribution in [2.75, 3.05) is 6.61 Å². The molecule has 2 nitrogen and oxygen atoms in total. The second kappa shape index (κ2) is 4.43. The minimum Gasteiger partial charge on any atom is -0.367 e. The Balaban J connectivity index is 2.16. The molecule has 76 valence electrons. The van der Waals surface area contributed by atoms with Gasteiger partial charge < -0.3 is 9.84 Å². The molecule has 0 amide bonds. The molecule has 0 saturated carbocycles. The van der Waals surface area contributed by atoms with Crippen molar-refractivity contribution < 1.29 is 9.84 Å². The van der Waals surface area contributed by atoms with Crippen LogP contribution in [-0.2, 0) is 4.74 Å². The van der Waals surface area contributed by atoms with E-state index in [1.54, 1.807) is 0 Å². The molecule has 3 heteroatoms. The van der Waals surface area contributed by atoms with Crippen LogP contribution in [0.3, 0.4) is 0 Å². The van der Waals surface area contributed by atoms with E-state index in [0.29, 0.717) is 6.61 Å². The van der Waals surface area contributed by atoms with Gasteiger partial charge in [0.05, 0.1) is 0 Å². The zero-order valence-corrected chi connectivity index (χ0v) is 9.40. The van der Waals surface area contributed by atoms with Crippen LogP contribution in [0.4, 0.5) is 0 Å². The van der Waals surface area contributed by atoms with E-state index < -0.39 is 6.29 Å². The van der Waals surface area contributed by atoms with Crippen LogP contribution in [-0.4, -0.2) is 18.0 Å². The molecular weight excluding hydrogens is 244 g/mol. The Hall–Kier alpha value is -0.380. The van der Waals surface area contributed by atoms with Crippen molar-refractivity contribution in [1.29, 1.82) is 0 Å². The molecule has 0 radical (unpaired) electrons. The number of aliphatic hydroxyl groups is 1. The summed E-state index contributed by atoms with van der Waals surface area (Å²) in [7, 11) is 0. The lowest BCUT2D eigenvalue weighted by Gasteiger charge is -2.28. The third-order valence-corrected chi connectivity index (χ3v) is 3.12. The molecule has 0 aromatic heterocycles. The van der Waals surface area contributed by atoms with Crippen molar-refractivity contribution in [2.24, 2.45) is 0 Å². The quantitative estimate of drug-likeness (QED) is 0.838. The summed E-state index contributed by atoms with van der Waals surface area (Å²) in [6.07, 6.45) is 1.39. The average Bonchev–Trinajstić information content (AvgIpc) is 2.20. The Morgan fingerprint density at radius 3 is 2.64 bits per heavy atom. The summed E-state index contributed by atoms with van der Waals surface area (Å²) in [6.45, 7) is 0.675. The lowest BCUT2D eigenvalue weighted by molar-refractivity contribution is -0.137. The molecule has 14 heavy (non-hydrogen) atoms. The lowest BCUT2D eigenvalue weighted by Crippen LogP contribution is -2.27. The highest BCUT2D eigenvalue weighted by molar-refractivity contribution is 9.10. The smallest absolute Gasteiger partial charge is 0.161 e. The average molecular weight is 257 g/mol. The van der Waals surface area contributed by atoms with Gasteiger partial charge in [-0.1, -0.05) is 28.1 Å². The standard InChI is InChI=1S/C11H13BrO2/c12-9-5-3-8(4-6-9)10-2-1-7-14-11(10)13/h3-6,10-11,13H,1-2,7H2/t10-,11-/m0/s1. The first-order chi connectivity index (χ1) is 6.77. The number of hydrogen-bond acceptors (Lipinski definition) is 2. The van der Waals surface area contributed by atoms with Crippen LogP contribution in [0, 0.1) is 0 Å². The van der Waals surface area contributed by atoms with E-state index in [0.717, 1.165) is 22.9 Å². The van der Waals surface area contributed by atoms with Gasteiger partial charge in [0.1, 0.15) is 0 Å². The van der Waals surface area contributed by atoms with E-state index in [1.807, 2.05) is 24.3 Å². The maximum absolute atomic E-state index is 9.66. The first-order valence-electron chi connectivity index (χ1n) is 4.82. The maximum Gasteiger partial charge on any atom is 0.161 e. The van der Waals surface area contributed by atoms with Crippen LogP contribution >= 0.6 is 15.9 Å². The van der Waals surface area contributed by atoms with Gasteiger partial charge in [-0.15, -0.1) is 0 Å². The van der Waals surface area contributed by atoms with Crippen LogP contribution in [0.25, 0.3) is 0 Å². The van der Waals surface area contributed by atoms with Gasteiger partial charge in [0.25, 0.3) is 0 Å². The summed E-state index contributed by atoms with van der Waals surface area (Å²) >= 11 is 3.39. The maximum atomic E-state index is 9.66. The summed E-state index contributed by atoms with van der Waals surface area (Å²) in [5.41, 5.74) is 1.15. The zero-order valence-electron chi connectivity index (χ0n) is 7.82. The first-order valence-corrected chi connectivity index (χ1v) is 5.62. The summed E-state index contributed by atoms with van der Waals surface area (Å²) < 4.78 is 6.28. The van der Waals surface area contributed by atoms with E-state index in [9.17, 15) is 5.11 Å². The van der Waals surface area contributed by atoms with E-state index in [-0.39, 0.29) is 5.92 Å². The highest BCUT2D eigenvalue weighted by Crippen LogP contribution is 2.30. The predicted molar refractivity (Wildman–Crippen MR) is 58.1 cm³/mol. The van der Waals surface area contributed by atoms with Crippen molar-refractivity contribution in [1.82, 2.24) is 0 Å². The highest BCUT2D eigenvalue weighted by atomic mass is 79.9. The van der Waals surface area contributed by atoms with E-state index in [2.05, 4.69) is 15.9 Å². The van der Waals surface area contributed by atoms with E-state index >= 15 is 0 Å². The van der Waals surface area contributed by atoms with Crippen molar-refractivity contribution >= 4 is 15.9 Å². The molecule has 1 heterocycles. The first kappa shape index (κ1) is 10.1. The summed E-state index contributed by atoms with van der Waals surface area (Å²) in [4.78, 5) is 0. The Kier molecular flexibility index (Phi) is 3.21. The van der Waals surface area contributed by atoms with E-state index in [4.69, 9.17) is 4.74 Å². The number of halogens is 1. The number of benzene rings is 1. The van der Waals surface area contributed by atoms with Gasteiger partial charge in [0, 0.05) is 17.0 Å². The van der Waals surface area contributed by atoms with Gasteiger partial charge in [-0.05, 0) is 30.5 Å². The molecule has 0 unspecified atom stereocenters. The molecular formula is C11H13BrO2. The molecule has 2 rings (SSSR count). The largest absolute Gasteiger partial charge is 0.367 e.